The van der Waals surface area contributed by atoms with Crippen LogP contribution in [0.2, 0.25) is 0 Å². The van der Waals surface area contributed by atoms with Gasteiger partial charge in [0.1, 0.15) is 0 Å². The summed E-state index contributed by atoms with van der Waals surface area (Å²) in [5.41, 5.74) is 9.87. The largest absolute Gasteiger partial charge is 0.327 e. The first kappa shape index (κ1) is 8.52. The van der Waals surface area contributed by atoms with Gasteiger partial charge in [0.15, 0.2) is 0 Å². The number of nitrogens with two attached hydrogens (primary N) is 1. The molecule has 0 heterocycles. The van der Waals surface area contributed by atoms with Crippen LogP contribution in [0, 0.1) is 0 Å². The molecule has 0 fully saturated rings. The standard InChI is InChI=1S/C12H15N/c13-9-8-11-6-3-5-10-4-1-2-7-12(10)11/h1-2,4,7-8H,3,5-6,9,13H2/b11-8-. The van der Waals surface area contributed by atoms with E-state index in [0.29, 0.717) is 6.54 Å². The number of hydrogen-bond acceptors (Lipinski definition) is 1. The van der Waals surface area contributed by atoms with Gasteiger partial charge in [-0.25, -0.2) is 0 Å². The van der Waals surface area contributed by atoms with Crippen molar-refractivity contribution in [2.45, 2.75) is 19.3 Å². The van der Waals surface area contributed by atoms with Crippen LogP contribution in [-0.4, -0.2) is 6.54 Å². The predicted octanol–water partition coefficient (Wildman–Crippen LogP) is 2.37. The van der Waals surface area contributed by atoms with Crippen molar-refractivity contribution in [3.63, 3.8) is 0 Å². The quantitative estimate of drug-likeness (QED) is 0.693. The Bertz CT molecular complexity index is 326. The molecule has 1 aromatic rings. The second-order valence-corrected chi connectivity index (χ2v) is 3.48. The zero-order valence-corrected chi connectivity index (χ0v) is 7.79. The van der Waals surface area contributed by atoms with Crippen LogP contribution < -0.4 is 5.73 Å². The molecule has 68 valence electrons. The SMILES string of the molecule is NC/C=C1/CCCc2ccccc21. The van der Waals surface area contributed by atoms with Crippen molar-refractivity contribution in [1.29, 1.82) is 0 Å². The molecular weight excluding hydrogens is 158 g/mol. The summed E-state index contributed by atoms with van der Waals surface area (Å²) in [5.74, 6) is 0. The molecule has 1 nitrogen and oxygen atoms in total. The lowest BCUT2D eigenvalue weighted by Crippen LogP contribution is -2.03. The molecule has 0 aromatic heterocycles. The average Bonchev–Trinajstić information content (AvgIpc) is 2.19. The van der Waals surface area contributed by atoms with Crippen LogP contribution in [0.5, 0.6) is 0 Å². The molecule has 0 radical (unpaired) electrons. The summed E-state index contributed by atoms with van der Waals surface area (Å²) in [6, 6.07) is 8.65. The molecule has 0 saturated carbocycles. The average molecular weight is 173 g/mol. The van der Waals surface area contributed by atoms with E-state index in [4.69, 9.17) is 5.73 Å². The van der Waals surface area contributed by atoms with Gasteiger partial charge in [-0.3, -0.25) is 0 Å². The second-order valence-electron chi connectivity index (χ2n) is 3.48. The zero-order valence-electron chi connectivity index (χ0n) is 7.79. The molecule has 0 spiro atoms. The summed E-state index contributed by atoms with van der Waals surface area (Å²) in [4.78, 5) is 0. The predicted molar refractivity (Wildman–Crippen MR) is 56.4 cm³/mol. The molecule has 0 atom stereocenters. The smallest absolute Gasteiger partial charge is 0.0112 e. The van der Waals surface area contributed by atoms with Crippen LogP contribution >= 0.6 is 0 Å². The molecule has 0 unspecified atom stereocenters. The molecule has 2 rings (SSSR count). The van der Waals surface area contributed by atoms with E-state index < -0.39 is 0 Å². The molecule has 2 N–H and O–H groups in total. The van der Waals surface area contributed by atoms with Gasteiger partial charge in [0, 0.05) is 6.54 Å². The number of fused-ring (bicyclic) bond motifs is 1. The first-order chi connectivity index (χ1) is 6.42. The van der Waals surface area contributed by atoms with E-state index in [0.717, 1.165) is 0 Å². The van der Waals surface area contributed by atoms with Gasteiger partial charge in [-0.15, -0.1) is 0 Å². The van der Waals surface area contributed by atoms with Crippen LogP contribution in [0.25, 0.3) is 5.57 Å². The van der Waals surface area contributed by atoms with E-state index in [2.05, 4.69) is 30.3 Å². The van der Waals surface area contributed by atoms with Crippen molar-refractivity contribution in [3.05, 3.63) is 41.5 Å². The Morgan fingerprint density at radius 3 is 2.92 bits per heavy atom. The first-order valence-electron chi connectivity index (χ1n) is 4.89. The van der Waals surface area contributed by atoms with E-state index in [1.807, 2.05) is 0 Å². The van der Waals surface area contributed by atoms with E-state index in [1.54, 1.807) is 0 Å². The highest BCUT2D eigenvalue weighted by molar-refractivity contribution is 5.69. The fourth-order valence-electron chi connectivity index (χ4n) is 2.01. The zero-order chi connectivity index (χ0) is 9.10. The van der Waals surface area contributed by atoms with Crippen molar-refractivity contribution in [2.24, 2.45) is 5.73 Å². The summed E-state index contributed by atoms with van der Waals surface area (Å²) in [6.45, 7) is 0.656. The summed E-state index contributed by atoms with van der Waals surface area (Å²) >= 11 is 0. The van der Waals surface area contributed by atoms with Gasteiger partial charge in [-0.2, -0.15) is 0 Å². The summed E-state index contributed by atoms with van der Waals surface area (Å²) in [5, 5.41) is 0. The molecular formula is C12H15N. The molecule has 1 aliphatic carbocycles. The van der Waals surface area contributed by atoms with Gasteiger partial charge in [-0.1, -0.05) is 30.3 Å². The molecule has 0 amide bonds. The topological polar surface area (TPSA) is 26.0 Å². The van der Waals surface area contributed by atoms with Crippen molar-refractivity contribution >= 4 is 5.57 Å². The Kier molecular flexibility index (Phi) is 2.46. The first-order valence-corrected chi connectivity index (χ1v) is 4.89. The van der Waals surface area contributed by atoms with Crippen molar-refractivity contribution in [1.82, 2.24) is 0 Å². The van der Waals surface area contributed by atoms with Gasteiger partial charge in [0.25, 0.3) is 0 Å². The van der Waals surface area contributed by atoms with Crippen LogP contribution in [0.4, 0.5) is 0 Å². The fourth-order valence-corrected chi connectivity index (χ4v) is 2.01. The van der Waals surface area contributed by atoms with Gasteiger partial charge in [-0.05, 0) is 36.0 Å². The maximum atomic E-state index is 5.54. The van der Waals surface area contributed by atoms with E-state index in [9.17, 15) is 0 Å². The lowest BCUT2D eigenvalue weighted by molar-refractivity contribution is 0.820. The van der Waals surface area contributed by atoms with Crippen LogP contribution in [-0.2, 0) is 6.42 Å². The van der Waals surface area contributed by atoms with Crippen molar-refractivity contribution in [3.8, 4) is 0 Å². The second kappa shape index (κ2) is 3.75. The lowest BCUT2D eigenvalue weighted by Gasteiger charge is -2.18. The maximum Gasteiger partial charge on any atom is 0.0112 e. The minimum atomic E-state index is 0.656. The monoisotopic (exact) mass is 173 g/mol. The minimum Gasteiger partial charge on any atom is -0.327 e. The Morgan fingerprint density at radius 1 is 1.23 bits per heavy atom. The number of benzene rings is 1. The van der Waals surface area contributed by atoms with Crippen LogP contribution in [0.15, 0.2) is 30.3 Å². The van der Waals surface area contributed by atoms with Crippen LogP contribution in [0.3, 0.4) is 0 Å². The third-order valence-corrected chi connectivity index (χ3v) is 2.62. The van der Waals surface area contributed by atoms with E-state index in [-0.39, 0.29) is 0 Å². The van der Waals surface area contributed by atoms with Crippen molar-refractivity contribution in [2.75, 3.05) is 6.54 Å². The highest BCUT2D eigenvalue weighted by Gasteiger charge is 2.11. The molecule has 0 bridgehead atoms. The Hall–Kier alpha value is -1.08. The third-order valence-electron chi connectivity index (χ3n) is 2.62. The number of rotatable bonds is 1. The Balaban J connectivity index is 2.42. The van der Waals surface area contributed by atoms with Gasteiger partial charge < -0.3 is 5.73 Å². The number of aryl methyl sites for hydroxylation is 1. The molecule has 1 heteroatoms. The third kappa shape index (κ3) is 1.65. The highest BCUT2D eigenvalue weighted by atomic mass is 14.5. The summed E-state index contributed by atoms with van der Waals surface area (Å²) in [6.07, 6.45) is 5.83. The highest BCUT2D eigenvalue weighted by Crippen LogP contribution is 2.29. The number of hydrogen-bond donors (Lipinski definition) is 1. The van der Waals surface area contributed by atoms with Crippen molar-refractivity contribution < 1.29 is 0 Å². The summed E-state index contributed by atoms with van der Waals surface area (Å²) in [7, 11) is 0. The molecule has 0 aliphatic heterocycles. The fraction of sp³-hybridized carbons (Fsp3) is 0.333. The Labute approximate surface area is 79.3 Å². The van der Waals surface area contributed by atoms with Gasteiger partial charge in [0.05, 0.1) is 0 Å². The molecule has 1 aromatic carbocycles. The number of allylic oxidation sites excluding steroid dienone is 1. The Morgan fingerprint density at radius 2 is 2.08 bits per heavy atom. The van der Waals surface area contributed by atoms with E-state index in [1.165, 1.54) is 36.0 Å². The van der Waals surface area contributed by atoms with Gasteiger partial charge in [0.2, 0.25) is 0 Å². The van der Waals surface area contributed by atoms with Gasteiger partial charge >= 0.3 is 0 Å². The molecule has 0 saturated heterocycles. The summed E-state index contributed by atoms with van der Waals surface area (Å²) < 4.78 is 0. The lowest BCUT2D eigenvalue weighted by atomic mass is 9.87. The maximum absolute atomic E-state index is 5.54. The van der Waals surface area contributed by atoms with Crippen LogP contribution in [0.1, 0.15) is 24.0 Å². The normalized spacial score (nSPS) is 18.7. The minimum absolute atomic E-state index is 0.656. The molecule has 1 aliphatic rings. The van der Waals surface area contributed by atoms with E-state index >= 15 is 0 Å². The molecule has 13 heavy (non-hydrogen) atoms.